The van der Waals surface area contributed by atoms with Crippen molar-refractivity contribution in [1.82, 2.24) is 10.6 Å². The van der Waals surface area contributed by atoms with Crippen LogP contribution in [0.15, 0.2) is 4.99 Å². The number of hydrogen-bond acceptors (Lipinski definition) is 4. The number of rotatable bonds is 5. The molecule has 17 heavy (non-hydrogen) atoms. The van der Waals surface area contributed by atoms with Crippen molar-refractivity contribution in [1.29, 1.82) is 0 Å². The van der Waals surface area contributed by atoms with Gasteiger partial charge in [-0.25, -0.2) is 0 Å². The van der Waals surface area contributed by atoms with Gasteiger partial charge in [0.25, 0.3) is 0 Å². The third-order valence-electron chi connectivity index (χ3n) is 3.15. The van der Waals surface area contributed by atoms with Crippen molar-refractivity contribution < 1.29 is 5.11 Å². The van der Waals surface area contributed by atoms with Gasteiger partial charge in [0, 0.05) is 31.7 Å². The van der Waals surface area contributed by atoms with Crippen molar-refractivity contribution in [2.75, 3.05) is 26.2 Å². The van der Waals surface area contributed by atoms with E-state index < -0.39 is 0 Å². The second kappa shape index (κ2) is 5.71. The molecule has 3 N–H and O–H groups in total. The van der Waals surface area contributed by atoms with Crippen LogP contribution in [0.3, 0.4) is 0 Å². The highest BCUT2D eigenvalue weighted by Crippen LogP contribution is 2.21. The molecule has 0 saturated heterocycles. The second-order valence-corrected chi connectivity index (χ2v) is 6.53. The highest BCUT2D eigenvalue weighted by Gasteiger charge is 2.23. The molecule has 1 aliphatic heterocycles. The van der Waals surface area contributed by atoms with Crippen LogP contribution in [-0.4, -0.2) is 37.3 Å². The maximum Gasteiger partial charge on any atom is 0.191 e. The minimum Gasteiger partial charge on any atom is -0.396 e. The summed E-state index contributed by atoms with van der Waals surface area (Å²) in [6, 6.07) is 0. The molecule has 0 unspecified atom stereocenters. The Bertz CT molecular complexity index is 272. The normalized spacial score (nSPS) is 19.5. The molecule has 100 valence electrons. The van der Waals surface area contributed by atoms with Crippen LogP contribution in [0.4, 0.5) is 0 Å². The molecular weight excluding hydrogens is 214 g/mol. The topological polar surface area (TPSA) is 56.6 Å². The molecule has 1 rings (SSSR count). The first-order valence-electron chi connectivity index (χ1n) is 6.48. The van der Waals surface area contributed by atoms with Crippen molar-refractivity contribution in [2.24, 2.45) is 15.8 Å². The first-order valence-corrected chi connectivity index (χ1v) is 6.48. The van der Waals surface area contributed by atoms with Crippen molar-refractivity contribution in [3.8, 4) is 0 Å². The van der Waals surface area contributed by atoms with E-state index in [2.05, 4.69) is 43.3 Å². The molecule has 0 fully saturated rings. The number of hydrogen-bond donors (Lipinski definition) is 3. The van der Waals surface area contributed by atoms with E-state index in [-0.39, 0.29) is 17.4 Å². The molecule has 4 heteroatoms. The summed E-state index contributed by atoms with van der Waals surface area (Å²) in [7, 11) is 0. The molecular formula is C13H27N3O. The average Bonchev–Trinajstić information content (AvgIpc) is 2.25. The van der Waals surface area contributed by atoms with Crippen LogP contribution in [0, 0.1) is 10.8 Å². The Morgan fingerprint density at radius 1 is 1.47 bits per heavy atom. The van der Waals surface area contributed by atoms with E-state index in [0.29, 0.717) is 0 Å². The van der Waals surface area contributed by atoms with Gasteiger partial charge in [-0.2, -0.15) is 0 Å². The molecule has 1 aliphatic rings. The molecule has 0 aromatic heterocycles. The Morgan fingerprint density at radius 3 is 2.71 bits per heavy atom. The number of aliphatic imine (C=N–C) groups is 1. The summed E-state index contributed by atoms with van der Waals surface area (Å²) in [5, 5.41) is 15.5. The van der Waals surface area contributed by atoms with Crippen molar-refractivity contribution in [2.45, 2.75) is 40.5 Å². The summed E-state index contributed by atoms with van der Waals surface area (Å²) >= 11 is 0. The predicted octanol–water partition coefficient (Wildman–Crippen LogP) is 1.36. The number of aliphatic hydroxyl groups excluding tert-OH is 1. The maximum absolute atomic E-state index is 8.85. The summed E-state index contributed by atoms with van der Waals surface area (Å²) in [6.07, 6.45) is 1.89. The van der Waals surface area contributed by atoms with E-state index in [0.717, 1.165) is 38.4 Å². The zero-order valence-corrected chi connectivity index (χ0v) is 11.6. The Hall–Kier alpha value is -0.770. The standard InChI is InChI=1S/C13H27N3O/c1-12(2,6-5-7-17)8-14-11-15-9-13(3,4)10-16-11/h17H,5-10H2,1-4H3,(H2,14,15,16). The number of nitrogens with one attached hydrogen (secondary N) is 2. The number of guanidine groups is 1. The van der Waals surface area contributed by atoms with Crippen LogP contribution in [0.25, 0.3) is 0 Å². The van der Waals surface area contributed by atoms with Crippen LogP contribution in [-0.2, 0) is 0 Å². The minimum absolute atomic E-state index is 0.194. The Labute approximate surface area is 105 Å². The van der Waals surface area contributed by atoms with E-state index >= 15 is 0 Å². The van der Waals surface area contributed by atoms with Crippen molar-refractivity contribution in [3.05, 3.63) is 0 Å². The van der Waals surface area contributed by atoms with Gasteiger partial charge in [-0.3, -0.25) is 4.99 Å². The van der Waals surface area contributed by atoms with Gasteiger partial charge in [-0.1, -0.05) is 27.7 Å². The molecule has 0 spiro atoms. The molecule has 4 nitrogen and oxygen atoms in total. The second-order valence-electron chi connectivity index (χ2n) is 6.53. The van der Waals surface area contributed by atoms with Gasteiger partial charge in [-0.15, -0.1) is 0 Å². The Morgan fingerprint density at radius 2 is 2.18 bits per heavy atom. The molecule has 0 saturated carbocycles. The minimum atomic E-state index is 0.194. The SMILES string of the molecule is CC(C)(CCCO)CNC1=NCC(C)(C)CN1. The van der Waals surface area contributed by atoms with Crippen LogP contribution in [0.2, 0.25) is 0 Å². The third kappa shape index (κ3) is 5.39. The zero-order valence-electron chi connectivity index (χ0n) is 11.6. The predicted molar refractivity (Wildman–Crippen MR) is 72.2 cm³/mol. The molecule has 0 aliphatic carbocycles. The molecule has 0 aromatic rings. The maximum atomic E-state index is 8.85. The van der Waals surface area contributed by atoms with Gasteiger partial charge >= 0.3 is 0 Å². The lowest BCUT2D eigenvalue weighted by atomic mass is 9.88. The molecule has 0 amide bonds. The summed E-state index contributed by atoms with van der Waals surface area (Å²) in [6.45, 7) is 11.9. The van der Waals surface area contributed by atoms with Crippen LogP contribution < -0.4 is 10.6 Å². The van der Waals surface area contributed by atoms with E-state index in [1.54, 1.807) is 0 Å². The Balaban J connectivity index is 2.34. The van der Waals surface area contributed by atoms with Crippen molar-refractivity contribution >= 4 is 5.96 Å². The van der Waals surface area contributed by atoms with Gasteiger partial charge in [0.15, 0.2) is 5.96 Å². The van der Waals surface area contributed by atoms with Crippen LogP contribution in [0.5, 0.6) is 0 Å². The van der Waals surface area contributed by atoms with Gasteiger partial charge in [-0.05, 0) is 18.3 Å². The molecule has 0 aromatic carbocycles. The highest BCUT2D eigenvalue weighted by molar-refractivity contribution is 5.80. The van der Waals surface area contributed by atoms with Gasteiger partial charge in [0.2, 0.25) is 0 Å². The largest absolute Gasteiger partial charge is 0.396 e. The lowest BCUT2D eigenvalue weighted by Gasteiger charge is -2.31. The fourth-order valence-electron chi connectivity index (χ4n) is 1.82. The molecule has 1 heterocycles. The average molecular weight is 241 g/mol. The molecule has 0 atom stereocenters. The van der Waals surface area contributed by atoms with Crippen LogP contribution >= 0.6 is 0 Å². The van der Waals surface area contributed by atoms with Crippen LogP contribution in [0.1, 0.15) is 40.5 Å². The fraction of sp³-hybridized carbons (Fsp3) is 0.923. The van der Waals surface area contributed by atoms with E-state index in [9.17, 15) is 0 Å². The first kappa shape index (κ1) is 14.3. The van der Waals surface area contributed by atoms with E-state index in [1.807, 2.05) is 0 Å². The number of aliphatic hydroxyl groups is 1. The molecule has 0 radical (unpaired) electrons. The Kier molecular flexibility index (Phi) is 4.80. The third-order valence-corrected chi connectivity index (χ3v) is 3.15. The van der Waals surface area contributed by atoms with E-state index in [1.165, 1.54) is 0 Å². The summed E-state index contributed by atoms with van der Waals surface area (Å²) in [5.74, 6) is 0.918. The number of nitrogens with zero attached hydrogens (tertiary/aromatic N) is 1. The first-order chi connectivity index (χ1) is 7.85. The summed E-state index contributed by atoms with van der Waals surface area (Å²) < 4.78 is 0. The monoisotopic (exact) mass is 241 g/mol. The van der Waals surface area contributed by atoms with Gasteiger partial charge in [0.05, 0.1) is 0 Å². The van der Waals surface area contributed by atoms with Gasteiger partial charge < -0.3 is 15.7 Å². The quantitative estimate of drug-likeness (QED) is 0.681. The van der Waals surface area contributed by atoms with Gasteiger partial charge in [0.1, 0.15) is 0 Å². The zero-order chi connectivity index (χ0) is 12.9. The highest BCUT2D eigenvalue weighted by atomic mass is 16.2. The lowest BCUT2D eigenvalue weighted by Crippen LogP contribution is -2.49. The lowest BCUT2D eigenvalue weighted by molar-refractivity contribution is 0.241. The fourth-order valence-corrected chi connectivity index (χ4v) is 1.82. The summed E-state index contributed by atoms with van der Waals surface area (Å²) in [5.41, 5.74) is 0.456. The van der Waals surface area contributed by atoms with Crippen molar-refractivity contribution in [3.63, 3.8) is 0 Å². The smallest absolute Gasteiger partial charge is 0.191 e. The molecule has 0 bridgehead atoms. The van der Waals surface area contributed by atoms with E-state index in [4.69, 9.17) is 5.11 Å². The summed E-state index contributed by atoms with van der Waals surface area (Å²) in [4.78, 5) is 4.51.